The van der Waals surface area contributed by atoms with Crippen LogP contribution in [0, 0.1) is 5.92 Å². The lowest BCUT2D eigenvalue weighted by molar-refractivity contribution is -0.303. The zero-order valence-corrected chi connectivity index (χ0v) is 19.3. The Balaban J connectivity index is 1.74. The molecule has 1 N–H and O–H groups in total. The van der Waals surface area contributed by atoms with Crippen LogP contribution in [0.2, 0.25) is 0 Å². The van der Waals surface area contributed by atoms with E-state index in [0.717, 1.165) is 16.7 Å². The Bertz CT molecular complexity index is 1140. The zero-order chi connectivity index (χ0) is 26.1. The van der Waals surface area contributed by atoms with E-state index in [9.17, 15) is 31.4 Å². The Kier molecular flexibility index (Phi) is 7.26. The summed E-state index contributed by atoms with van der Waals surface area (Å²) in [4.78, 5) is 1.48. The molecule has 0 aromatic heterocycles. The Morgan fingerprint density at radius 3 is 2.53 bits per heavy atom. The number of benzene rings is 2. The number of β-amino-alcohol motifs (C(OH)–C–C–N with tert-alkyl or cyclic N) is 1. The van der Waals surface area contributed by atoms with Gasteiger partial charge in [-0.15, -0.1) is 13.2 Å². The number of methoxy groups -OCH3 is 1. The van der Waals surface area contributed by atoms with Gasteiger partial charge in [0.05, 0.1) is 13.7 Å². The number of aliphatic hydroxyl groups excluding tert-OH is 1. The van der Waals surface area contributed by atoms with E-state index in [1.54, 1.807) is 18.2 Å². The number of hydrogen-bond acceptors (Lipinski definition) is 4. The quantitative estimate of drug-likeness (QED) is 0.454. The molecule has 1 heterocycles. The first-order valence-corrected chi connectivity index (χ1v) is 11.4. The third-order valence-corrected chi connectivity index (χ3v) is 6.48. The number of rotatable bonds is 6. The van der Waals surface area contributed by atoms with Gasteiger partial charge in [0.15, 0.2) is 6.10 Å². The molecule has 1 aliphatic heterocycles. The van der Waals surface area contributed by atoms with Crippen molar-refractivity contribution in [3.63, 3.8) is 0 Å². The van der Waals surface area contributed by atoms with E-state index >= 15 is 0 Å². The van der Waals surface area contributed by atoms with Crippen LogP contribution in [0.5, 0.6) is 5.75 Å². The number of hydrogen-bond donors (Lipinski definition) is 1. The van der Waals surface area contributed by atoms with Crippen molar-refractivity contribution in [3.05, 3.63) is 72.0 Å². The van der Waals surface area contributed by atoms with Gasteiger partial charge < -0.3 is 19.5 Å². The van der Waals surface area contributed by atoms with E-state index in [-0.39, 0.29) is 0 Å². The molecule has 3 atom stereocenters. The second kappa shape index (κ2) is 10.1. The number of ether oxygens (including phenoxy) is 2. The van der Waals surface area contributed by atoms with Crippen molar-refractivity contribution in [1.29, 1.82) is 0 Å². The largest absolute Gasteiger partial charge is 0.573 e. The summed E-state index contributed by atoms with van der Waals surface area (Å²) in [5.74, 6) is -0.313. The fourth-order valence-electron chi connectivity index (χ4n) is 4.91. The first-order chi connectivity index (χ1) is 17.0. The standard InChI is InChI=1S/C26H25F6NO3/c1-35-18-7-2-5-16(13-18)20-9-4-10-23-21(20)11-12-22(33(23)15-24(34)25(27,28)29)17-6-3-8-19(14-17)36-26(30,31)32/h2-5,7-10,13-14,17,22,24,34H,6,11-12,15H2,1H3/t17?,22-,24+/m1/s1. The smallest absolute Gasteiger partial charge is 0.497 e. The van der Waals surface area contributed by atoms with E-state index in [1.165, 1.54) is 30.2 Å². The van der Waals surface area contributed by atoms with E-state index in [4.69, 9.17) is 4.74 Å². The summed E-state index contributed by atoms with van der Waals surface area (Å²) in [7, 11) is 1.54. The predicted molar refractivity (Wildman–Crippen MR) is 122 cm³/mol. The highest BCUT2D eigenvalue weighted by atomic mass is 19.4. The minimum atomic E-state index is -4.88. The topological polar surface area (TPSA) is 41.9 Å². The van der Waals surface area contributed by atoms with Gasteiger partial charge in [-0.1, -0.05) is 30.3 Å². The molecule has 10 heteroatoms. The highest BCUT2D eigenvalue weighted by Gasteiger charge is 2.43. The van der Waals surface area contributed by atoms with Gasteiger partial charge in [0.25, 0.3) is 0 Å². The third-order valence-electron chi connectivity index (χ3n) is 6.48. The van der Waals surface area contributed by atoms with Crippen molar-refractivity contribution in [2.24, 2.45) is 5.92 Å². The number of nitrogens with zero attached hydrogens (tertiary/aromatic N) is 1. The lowest BCUT2D eigenvalue weighted by atomic mass is 9.81. The van der Waals surface area contributed by atoms with Gasteiger partial charge in [-0.25, -0.2) is 0 Å². The number of aliphatic hydroxyl groups is 1. The normalized spacial score (nSPS) is 21.0. The summed E-state index contributed by atoms with van der Waals surface area (Å²) in [6.45, 7) is -0.744. The van der Waals surface area contributed by atoms with Crippen LogP contribution in [0.4, 0.5) is 32.0 Å². The van der Waals surface area contributed by atoms with Crippen molar-refractivity contribution < 1.29 is 40.9 Å². The first-order valence-electron chi connectivity index (χ1n) is 11.4. The molecule has 2 aromatic rings. The van der Waals surface area contributed by atoms with Crippen LogP contribution >= 0.6 is 0 Å². The van der Waals surface area contributed by atoms with Gasteiger partial charge in [-0.2, -0.15) is 13.2 Å². The minimum absolute atomic E-state index is 0.332. The maximum Gasteiger partial charge on any atom is 0.573 e. The monoisotopic (exact) mass is 513 g/mol. The third kappa shape index (κ3) is 5.80. The molecule has 1 unspecified atom stereocenters. The molecule has 4 rings (SSSR count). The highest BCUT2D eigenvalue weighted by Crippen LogP contribution is 2.42. The fraction of sp³-hybridized carbons (Fsp3) is 0.385. The molecule has 36 heavy (non-hydrogen) atoms. The number of fused-ring (bicyclic) bond motifs is 1. The Hall–Kier alpha value is -3.14. The highest BCUT2D eigenvalue weighted by molar-refractivity contribution is 5.76. The van der Waals surface area contributed by atoms with Crippen molar-refractivity contribution >= 4 is 5.69 Å². The molecule has 2 aliphatic rings. The molecule has 0 spiro atoms. The van der Waals surface area contributed by atoms with E-state index in [2.05, 4.69) is 4.74 Å². The Morgan fingerprint density at radius 1 is 1.08 bits per heavy atom. The zero-order valence-electron chi connectivity index (χ0n) is 19.3. The Morgan fingerprint density at radius 2 is 1.83 bits per heavy atom. The van der Waals surface area contributed by atoms with E-state index in [0.29, 0.717) is 30.7 Å². The number of halogens is 6. The van der Waals surface area contributed by atoms with Crippen molar-refractivity contribution in [2.45, 2.75) is 43.9 Å². The van der Waals surface area contributed by atoms with Gasteiger partial charge in [0.2, 0.25) is 0 Å². The van der Waals surface area contributed by atoms with Gasteiger partial charge in [-0.05, 0) is 66.3 Å². The lowest BCUT2D eigenvalue weighted by Gasteiger charge is -2.44. The average Bonchev–Trinajstić information content (AvgIpc) is 2.82. The van der Waals surface area contributed by atoms with Gasteiger partial charge in [0, 0.05) is 17.6 Å². The van der Waals surface area contributed by atoms with Crippen LogP contribution in [0.1, 0.15) is 18.4 Å². The van der Waals surface area contributed by atoms with Gasteiger partial charge >= 0.3 is 12.5 Å². The van der Waals surface area contributed by atoms with Gasteiger partial charge in [0.1, 0.15) is 11.5 Å². The fourth-order valence-corrected chi connectivity index (χ4v) is 4.91. The minimum Gasteiger partial charge on any atom is -0.497 e. The van der Waals surface area contributed by atoms with E-state index < -0.39 is 42.9 Å². The van der Waals surface area contributed by atoms with Crippen molar-refractivity contribution in [3.8, 4) is 16.9 Å². The van der Waals surface area contributed by atoms with Crippen LogP contribution in [-0.4, -0.2) is 43.4 Å². The molecular formula is C26H25F6NO3. The van der Waals surface area contributed by atoms with Crippen LogP contribution < -0.4 is 9.64 Å². The number of alkyl halides is 6. The molecular weight excluding hydrogens is 488 g/mol. The second-order valence-electron chi connectivity index (χ2n) is 8.77. The average molecular weight is 513 g/mol. The summed E-state index contributed by atoms with van der Waals surface area (Å²) in [5.41, 5.74) is 2.95. The van der Waals surface area contributed by atoms with Crippen LogP contribution in [0.25, 0.3) is 11.1 Å². The number of allylic oxidation sites excluding steroid dienone is 2. The van der Waals surface area contributed by atoms with Crippen LogP contribution in [0.3, 0.4) is 0 Å². The molecule has 4 nitrogen and oxygen atoms in total. The van der Waals surface area contributed by atoms with Crippen LogP contribution in [-0.2, 0) is 11.2 Å². The molecule has 0 fully saturated rings. The summed E-state index contributed by atoms with van der Waals surface area (Å²) < 4.78 is 87.8. The first kappa shape index (κ1) is 25.9. The lowest BCUT2D eigenvalue weighted by Crippen LogP contribution is -2.50. The second-order valence-corrected chi connectivity index (χ2v) is 8.77. The van der Waals surface area contributed by atoms with Crippen LogP contribution in [0.15, 0.2) is 66.5 Å². The molecule has 0 amide bonds. The summed E-state index contributed by atoms with van der Waals surface area (Å²) in [5, 5.41) is 9.95. The van der Waals surface area contributed by atoms with Crippen molar-refractivity contribution in [1.82, 2.24) is 0 Å². The predicted octanol–water partition coefficient (Wildman–Crippen LogP) is 6.40. The molecule has 0 saturated heterocycles. The Labute approximate surface area is 204 Å². The molecule has 1 aliphatic carbocycles. The SMILES string of the molecule is COc1cccc(-c2cccc3c2CC[C@H](C2C=C(OC(F)(F)F)C=CC2)N3C[C@H](O)C(F)(F)F)c1. The number of anilines is 1. The molecule has 0 saturated carbocycles. The van der Waals surface area contributed by atoms with Gasteiger partial charge in [-0.3, -0.25) is 0 Å². The molecule has 0 bridgehead atoms. The molecule has 0 radical (unpaired) electrons. The van der Waals surface area contributed by atoms with Crippen molar-refractivity contribution in [2.75, 3.05) is 18.6 Å². The summed E-state index contributed by atoms with van der Waals surface area (Å²) in [6, 6.07) is 12.0. The molecule has 194 valence electrons. The maximum atomic E-state index is 13.4. The summed E-state index contributed by atoms with van der Waals surface area (Å²) >= 11 is 0. The van der Waals surface area contributed by atoms with E-state index in [1.807, 2.05) is 24.3 Å². The maximum absolute atomic E-state index is 13.4. The summed E-state index contributed by atoms with van der Waals surface area (Å²) in [6.07, 6.45) is -7.11. The molecule has 2 aromatic carbocycles.